The van der Waals surface area contributed by atoms with Crippen LogP contribution in [0, 0.1) is 0 Å². The summed E-state index contributed by atoms with van der Waals surface area (Å²) in [5.74, 6) is -0.562. The van der Waals surface area contributed by atoms with Crippen molar-refractivity contribution in [3.05, 3.63) is 34.2 Å². The van der Waals surface area contributed by atoms with Crippen molar-refractivity contribution in [2.24, 2.45) is 0 Å². The molecule has 7 nitrogen and oxygen atoms in total. The van der Waals surface area contributed by atoms with Gasteiger partial charge in [-0.05, 0) is 44.9 Å². The number of aromatic amines is 1. The fourth-order valence-corrected chi connectivity index (χ4v) is 3.47. The lowest BCUT2D eigenvalue weighted by atomic mass is 10.1. The van der Waals surface area contributed by atoms with Gasteiger partial charge in [-0.2, -0.15) is 0 Å². The van der Waals surface area contributed by atoms with Gasteiger partial charge in [-0.15, -0.1) is 0 Å². The number of H-pyrrole nitrogens is 1. The Balaban J connectivity index is 1.83. The van der Waals surface area contributed by atoms with Crippen molar-refractivity contribution in [1.82, 2.24) is 20.2 Å². The van der Waals surface area contributed by atoms with Crippen LogP contribution in [0.2, 0.25) is 0 Å². The molecule has 0 radical (unpaired) electrons. The van der Waals surface area contributed by atoms with E-state index in [1.807, 2.05) is 6.92 Å². The molecule has 1 aromatic carbocycles. The third-order valence-corrected chi connectivity index (χ3v) is 4.76. The summed E-state index contributed by atoms with van der Waals surface area (Å²) in [5.41, 5.74) is 1.76. The Morgan fingerprint density at radius 2 is 2.04 bits per heavy atom. The molecule has 1 heterocycles. The predicted octanol–water partition coefficient (Wildman–Crippen LogP) is 1.70. The van der Waals surface area contributed by atoms with Gasteiger partial charge in [-0.25, -0.2) is 4.79 Å². The maximum absolute atomic E-state index is 12.4. The molecule has 1 saturated carbocycles. The summed E-state index contributed by atoms with van der Waals surface area (Å²) in [5, 5.41) is 5.34. The first-order chi connectivity index (χ1) is 12.0. The molecule has 3 N–H and O–H groups in total. The van der Waals surface area contributed by atoms with Gasteiger partial charge in [0.15, 0.2) is 0 Å². The molecule has 1 aliphatic rings. The Hall–Kier alpha value is -2.57. The standard InChI is InChI=1S/C18H24N4O3/c1-3-19-16(23)11(2)20-17(24)12-8-9-15-14(10-12)21-18(25)22(15)13-6-4-5-7-13/h8-11,13H,3-7H2,1-2H3,(H,19,23)(H,20,24)(H,21,25)/t11-/m1/s1. The predicted molar refractivity (Wildman–Crippen MR) is 95.7 cm³/mol. The number of nitrogens with one attached hydrogen (secondary N) is 3. The van der Waals surface area contributed by atoms with E-state index in [9.17, 15) is 14.4 Å². The van der Waals surface area contributed by atoms with Crippen molar-refractivity contribution in [2.75, 3.05) is 6.54 Å². The zero-order valence-corrected chi connectivity index (χ0v) is 14.6. The molecule has 2 amide bonds. The second-order valence-electron chi connectivity index (χ2n) is 6.56. The number of aromatic nitrogens is 2. The average Bonchev–Trinajstić information content (AvgIpc) is 3.20. The number of imidazole rings is 1. The van der Waals surface area contributed by atoms with Crippen LogP contribution < -0.4 is 16.3 Å². The molecule has 3 rings (SSSR count). The summed E-state index contributed by atoms with van der Waals surface area (Å²) >= 11 is 0. The lowest BCUT2D eigenvalue weighted by molar-refractivity contribution is -0.122. The van der Waals surface area contributed by atoms with E-state index >= 15 is 0 Å². The Morgan fingerprint density at radius 3 is 2.72 bits per heavy atom. The lowest BCUT2D eigenvalue weighted by Gasteiger charge is -2.14. The first-order valence-electron chi connectivity index (χ1n) is 8.84. The van der Waals surface area contributed by atoms with E-state index in [4.69, 9.17) is 0 Å². The third-order valence-electron chi connectivity index (χ3n) is 4.76. The van der Waals surface area contributed by atoms with E-state index in [2.05, 4.69) is 15.6 Å². The average molecular weight is 344 g/mol. The van der Waals surface area contributed by atoms with Gasteiger partial charge in [0.25, 0.3) is 5.91 Å². The monoisotopic (exact) mass is 344 g/mol. The molecule has 134 valence electrons. The van der Waals surface area contributed by atoms with Crippen LogP contribution in [-0.2, 0) is 4.79 Å². The number of fused-ring (bicyclic) bond motifs is 1. The van der Waals surface area contributed by atoms with E-state index in [1.165, 1.54) is 0 Å². The zero-order chi connectivity index (χ0) is 18.0. The molecule has 1 atom stereocenters. The van der Waals surface area contributed by atoms with Crippen molar-refractivity contribution in [3.8, 4) is 0 Å². The molecule has 0 saturated heterocycles. The fraction of sp³-hybridized carbons (Fsp3) is 0.500. The van der Waals surface area contributed by atoms with Crippen molar-refractivity contribution in [1.29, 1.82) is 0 Å². The van der Waals surface area contributed by atoms with Gasteiger partial charge >= 0.3 is 5.69 Å². The summed E-state index contributed by atoms with van der Waals surface area (Å²) in [6, 6.07) is 4.78. The van der Waals surface area contributed by atoms with Crippen LogP contribution in [0.25, 0.3) is 11.0 Å². The highest BCUT2D eigenvalue weighted by molar-refractivity contribution is 5.99. The van der Waals surface area contributed by atoms with Crippen LogP contribution in [0.5, 0.6) is 0 Å². The molecular weight excluding hydrogens is 320 g/mol. The number of benzene rings is 1. The van der Waals surface area contributed by atoms with Gasteiger partial charge in [-0.3, -0.25) is 14.2 Å². The molecule has 25 heavy (non-hydrogen) atoms. The van der Waals surface area contributed by atoms with Gasteiger partial charge < -0.3 is 15.6 Å². The van der Waals surface area contributed by atoms with Crippen molar-refractivity contribution < 1.29 is 9.59 Å². The van der Waals surface area contributed by atoms with E-state index < -0.39 is 6.04 Å². The van der Waals surface area contributed by atoms with Crippen LogP contribution >= 0.6 is 0 Å². The van der Waals surface area contributed by atoms with E-state index in [1.54, 1.807) is 29.7 Å². The Labute approximate surface area is 145 Å². The highest BCUT2D eigenvalue weighted by Crippen LogP contribution is 2.30. The first kappa shape index (κ1) is 17.3. The smallest absolute Gasteiger partial charge is 0.326 e. The summed E-state index contributed by atoms with van der Waals surface area (Å²) in [7, 11) is 0. The van der Waals surface area contributed by atoms with Crippen LogP contribution in [0.3, 0.4) is 0 Å². The number of hydrogen-bond acceptors (Lipinski definition) is 3. The topological polar surface area (TPSA) is 96.0 Å². The summed E-state index contributed by atoms with van der Waals surface area (Å²) in [4.78, 5) is 39.2. The van der Waals surface area contributed by atoms with Crippen molar-refractivity contribution in [3.63, 3.8) is 0 Å². The van der Waals surface area contributed by atoms with Crippen LogP contribution in [-0.4, -0.2) is 34.0 Å². The quantitative estimate of drug-likeness (QED) is 0.770. The third kappa shape index (κ3) is 3.45. The van der Waals surface area contributed by atoms with Crippen LogP contribution in [0.4, 0.5) is 0 Å². The Bertz CT molecular complexity index is 846. The fourth-order valence-electron chi connectivity index (χ4n) is 3.47. The first-order valence-corrected chi connectivity index (χ1v) is 8.84. The number of carbonyl (C=O) groups is 2. The minimum atomic E-state index is -0.620. The summed E-state index contributed by atoms with van der Waals surface area (Å²) < 4.78 is 1.81. The number of carbonyl (C=O) groups excluding carboxylic acids is 2. The molecule has 0 bridgehead atoms. The molecule has 0 aliphatic heterocycles. The number of hydrogen-bond donors (Lipinski definition) is 3. The van der Waals surface area contributed by atoms with Gasteiger partial charge in [0.2, 0.25) is 5.91 Å². The summed E-state index contributed by atoms with van der Waals surface area (Å²) in [6.07, 6.45) is 4.31. The highest BCUT2D eigenvalue weighted by Gasteiger charge is 2.22. The molecule has 7 heteroatoms. The number of rotatable bonds is 5. The van der Waals surface area contributed by atoms with Crippen molar-refractivity contribution in [2.45, 2.75) is 51.6 Å². The second kappa shape index (κ2) is 7.13. The van der Waals surface area contributed by atoms with Gasteiger partial charge in [-0.1, -0.05) is 12.8 Å². The van der Waals surface area contributed by atoms with E-state index in [0.29, 0.717) is 17.6 Å². The molecule has 1 aliphatic carbocycles. The highest BCUT2D eigenvalue weighted by atomic mass is 16.2. The Kier molecular flexibility index (Phi) is 4.92. The normalized spacial score (nSPS) is 16.1. The Morgan fingerprint density at radius 1 is 1.32 bits per heavy atom. The minimum Gasteiger partial charge on any atom is -0.355 e. The van der Waals surface area contributed by atoms with Crippen LogP contribution in [0.15, 0.2) is 23.0 Å². The number of likely N-dealkylation sites (N-methyl/N-ethyl adjacent to an activating group) is 1. The summed E-state index contributed by atoms with van der Waals surface area (Å²) in [6.45, 7) is 3.98. The molecule has 2 aromatic rings. The zero-order valence-electron chi connectivity index (χ0n) is 14.6. The van der Waals surface area contributed by atoms with Crippen LogP contribution in [0.1, 0.15) is 55.9 Å². The minimum absolute atomic E-state index is 0.129. The van der Waals surface area contributed by atoms with Crippen molar-refractivity contribution >= 4 is 22.8 Å². The largest absolute Gasteiger partial charge is 0.355 e. The second-order valence-corrected chi connectivity index (χ2v) is 6.56. The molecule has 0 spiro atoms. The molecule has 1 aromatic heterocycles. The lowest BCUT2D eigenvalue weighted by Crippen LogP contribution is -2.44. The molecule has 1 fully saturated rings. The molecule has 0 unspecified atom stereocenters. The maximum atomic E-state index is 12.4. The SMILES string of the molecule is CCNC(=O)[C@@H](C)NC(=O)c1ccc2c(c1)[nH]c(=O)n2C1CCCC1. The van der Waals surface area contributed by atoms with E-state index in [-0.39, 0.29) is 23.5 Å². The van der Waals surface area contributed by atoms with Gasteiger partial charge in [0.05, 0.1) is 11.0 Å². The van der Waals surface area contributed by atoms with Gasteiger partial charge in [0.1, 0.15) is 6.04 Å². The molecular formula is C18H24N4O3. The van der Waals surface area contributed by atoms with E-state index in [0.717, 1.165) is 31.2 Å². The number of amides is 2. The maximum Gasteiger partial charge on any atom is 0.326 e. The number of nitrogens with zero attached hydrogens (tertiary/aromatic N) is 1. The van der Waals surface area contributed by atoms with Gasteiger partial charge in [0, 0.05) is 18.2 Å².